The standard InChI is InChI=1S/C39H48O10/c1-38(2)46-34-31(45-37-36(35(34)47-38)48-39(3,4)49-37)25-42-32-20-29(41-22-27-16-10-6-11-17-27)33(43-23-28-18-12-7-13-19-28)30(44-32)24-40-21-26-14-8-5-9-15-26/h5-19,29-37H,20-25H2,1-4H3/t29-,30?,31?,32+,33-,34+,35?,36?,37-/m1/s1. The summed E-state index contributed by atoms with van der Waals surface area (Å²) in [6.07, 6.45) is -3.64. The first-order valence-corrected chi connectivity index (χ1v) is 17.3. The molecule has 0 aliphatic carbocycles. The molecule has 4 saturated heterocycles. The van der Waals surface area contributed by atoms with Crippen LogP contribution in [0, 0.1) is 0 Å². The molecule has 0 aromatic heterocycles. The summed E-state index contributed by atoms with van der Waals surface area (Å²) in [6.45, 7) is 9.30. The van der Waals surface area contributed by atoms with Crippen LogP contribution in [-0.4, -0.2) is 80.1 Å². The zero-order valence-corrected chi connectivity index (χ0v) is 28.7. The summed E-state index contributed by atoms with van der Waals surface area (Å²) < 4.78 is 63.9. The van der Waals surface area contributed by atoms with E-state index in [1.165, 1.54) is 0 Å². The highest BCUT2D eigenvalue weighted by atomic mass is 16.9. The molecule has 3 aromatic rings. The minimum absolute atomic E-state index is 0.191. The lowest BCUT2D eigenvalue weighted by Crippen LogP contribution is -2.57. The summed E-state index contributed by atoms with van der Waals surface area (Å²) in [5.41, 5.74) is 3.22. The SMILES string of the molecule is CC1(C)OC2C3OC(C)(C)O[C@H]3C(CO[C@@H]3C[C@@H](OCc4ccccc4)[C@@H](OCc4ccccc4)C(COCc4ccccc4)O3)O[C@@H]2O1. The average molecular weight is 677 g/mol. The summed E-state index contributed by atoms with van der Waals surface area (Å²) >= 11 is 0. The van der Waals surface area contributed by atoms with Gasteiger partial charge in [0.1, 0.15) is 36.6 Å². The zero-order valence-electron chi connectivity index (χ0n) is 28.7. The molecule has 9 atom stereocenters. The highest BCUT2D eigenvalue weighted by molar-refractivity contribution is 5.15. The Bertz CT molecular complexity index is 1450. The fourth-order valence-corrected chi connectivity index (χ4v) is 6.95. The maximum Gasteiger partial charge on any atom is 0.190 e. The molecule has 3 aromatic carbocycles. The molecule has 4 unspecified atom stereocenters. The van der Waals surface area contributed by atoms with Gasteiger partial charge in [-0.15, -0.1) is 0 Å². The van der Waals surface area contributed by atoms with Crippen molar-refractivity contribution in [2.45, 2.75) is 121 Å². The predicted octanol–water partition coefficient (Wildman–Crippen LogP) is 5.90. The van der Waals surface area contributed by atoms with E-state index in [2.05, 4.69) is 24.3 Å². The van der Waals surface area contributed by atoms with Crippen LogP contribution in [0.4, 0.5) is 0 Å². The Balaban J connectivity index is 1.07. The first-order valence-electron chi connectivity index (χ1n) is 17.3. The number of fused-ring (bicyclic) bond motifs is 3. The second kappa shape index (κ2) is 15.2. The summed E-state index contributed by atoms with van der Waals surface area (Å²) in [7, 11) is 0. The fourth-order valence-electron chi connectivity index (χ4n) is 6.95. The van der Waals surface area contributed by atoms with Gasteiger partial charge < -0.3 is 47.4 Å². The second-order valence-electron chi connectivity index (χ2n) is 14.0. The highest BCUT2D eigenvalue weighted by Gasteiger charge is 2.60. The van der Waals surface area contributed by atoms with E-state index in [-0.39, 0.29) is 18.8 Å². The Morgan fingerprint density at radius 3 is 1.76 bits per heavy atom. The van der Waals surface area contributed by atoms with Crippen molar-refractivity contribution in [1.29, 1.82) is 0 Å². The van der Waals surface area contributed by atoms with Crippen molar-refractivity contribution < 1.29 is 47.4 Å². The van der Waals surface area contributed by atoms with Crippen LogP contribution in [0.5, 0.6) is 0 Å². The van der Waals surface area contributed by atoms with Crippen LogP contribution in [0.25, 0.3) is 0 Å². The number of hydrogen-bond donors (Lipinski definition) is 0. The highest BCUT2D eigenvalue weighted by Crippen LogP contribution is 2.44. The van der Waals surface area contributed by atoms with E-state index >= 15 is 0 Å². The van der Waals surface area contributed by atoms with Gasteiger partial charge in [-0.1, -0.05) is 91.0 Å². The Morgan fingerprint density at radius 2 is 1.10 bits per heavy atom. The van der Waals surface area contributed by atoms with E-state index in [4.69, 9.17) is 47.4 Å². The average Bonchev–Trinajstić information content (AvgIpc) is 3.60. The molecule has 0 radical (unpaired) electrons. The van der Waals surface area contributed by atoms with Crippen LogP contribution < -0.4 is 0 Å². The van der Waals surface area contributed by atoms with Gasteiger partial charge in [-0.25, -0.2) is 0 Å². The van der Waals surface area contributed by atoms with E-state index in [0.717, 1.165) is 16.7 Å². The van der Waals surface area contributed by atoms with Gasteiger partial charge in [-0.05, 0) is 44.4 Å². The van der Waals surface area contributed by atoms with E-state index in [9.17, 15) is 0 Å². The summed E-state index contributed by atoms with van der Waals surface area (Å²) in [6, 6.07) is 30.3. The Morgan fingerprint density at radius 1 is 0.551 bits per heavy atom. The van der Waals surface area contributed by atoms with E-state index in [0.29, 0.717) is 32.8 Å². The van der Waals surface area contributed by atoms with Gasteiger partial charge >= 0.3 is 0 Å². The van der Waals surface area contributed by atoms with Gasteiger partial charge in [-0.2, -0.15) is 0 Å². The van der Waals surface area contributed by atoms with Gasteiger partial charge in [0.2, 0.25) is 0 Å². The molecule has 0 bridgehead atoms. The van der Waals surface area contributed by atoms with Gasteiger partial charge in [0.25, 0.3) is 0 Å². The van der Waals surface area contributed by atoms with E-state index in [1.807, 2.05) is 94.4 Å². The number of ether oxygens (including phenoxy) is 10. The smallest absolute Gasteiger partial charge is 0.190 e. The minimum Gasteiger partial charge on any atom is -0.374 e. The lowest BCUT2D eigenvalue weighted by atomic mass is 9.99. The number of benzene rings is 3. The molecule has 0 spiro atoms. The van der Waals surface area contributed by atoms with Crippen molar-refractivity contribution >= 4 is 0 Å². The summed E-state index contributed by atoms with van der Waals surface area (Å²) in [5, 5.41) is 0. The van der Waals surface area contributed by atoms with Crippen LogP contribution in [0.3, 0.4) is 0 Å². The molecule has 4 aliphatic rings. The third-order valence-electron chi connectivity index (χ3n) is 9.17. The summed E-state index contributed by atoms with van der Waals surface area (Å²) in [4.78, 5) is 0. The molecule has 4 fully saturated rings. The lowest BCUT2D eigenvalue weighted by molar-refractivity contribution is -0.296. The quantitative estimate of drug-likeness (QED) is 0.218. The molecule has 7 rings (SSSR count). The molecule has 0 N–H and O–H groups in total. The zero-order chi connectivity index (χ0) is 33.8. The van der Waals surface area contributed by atoms with Gasteiger partial charge in [-0.3, -0.25) is 0 Å². The first-order chi connectivity index (χ1) is 23.7. The van der Waals surface area contributed by atoms with Crippen molar-refractivity contribution in [3.63, 3.8) is 0 Å². The van der Waals surface area contributed by atoms with Gasteiger partial charge in [0.15, 0.2) is 24.2 Å². The van der Waals surface area contributed by atoms with Crippen LogP contribution in [0.2, 0.25) is 0 Å². The fraction of sp³-hybridized carbons (Fsp3) is 0.538. The minimum atomic E-state index is -0.802. The molecule has 264 valence electrons. The van der Waals surface area contributed by atoms with Crippen LogP contribution in [-0.2, 0) is 67.2 Å². The molecule has 49 heavy (non-hydrogen) atoms. The third-order valence-corrected chi connectivity index (χ3v) is 9.17. The Hall–Kier alpha value is -2.74. The van der Waals surface area contributed by atoms with Crippen LogP contribution in [0.1, 0.15) is 50.8 Å². The van der Waals surface area contributed by atoms with Gasteiger partial charge in [0.05, 0.1) is 39.1 Å². The molecular weight excluding hydrogens is 628 g/mol. The molecule has 4 heterocycles. The maximum atomic E-state index is 6.64. The first kappa shape index (κ1) is 34.7. The largest absolute Gasteiger partial charge is 0.374 e. The van der Waals surface area contributed by atoms with E-state index < -0.39 is 54.7 Å². The Kier molecular flexibility index (Phi) is 10.8. The van der Waals surface area contributed by atoms with Crippen LogP contribution in [0.15, 0.2) is 91.0 Å². The number of rotatable bonds is 13. The molecular formula is C39H48O10. The van der Waals surface area contributed by atoms with Crippen molar-refractivity contribution in [1.82, 2.24) is 0 Å². The van der Waals surface area contributed by atoms with Crippen molar-refractivity contribution in [3.05, 3.63) is 108 Å². The second-order valence-corrected chi connectivity index (χ2v) is 14.0. The predicted molar refractivity (Wildman–Crippen MR) is 178 cm³/mol. The van der Waals surface area contributed by atoms with Crippen LogP contribution >= 0.6 is 0 Å². The third kappa shape index (κ3) is 8.77. The monoisotopic (exact) mass is 676 g/mol. The van der Waals surface area contributed by atoms with Crippen molar-refractivity contribution in [3.8, 4) is 0 Å². The normalized spacial score (nSPS) is 33.2. The molecule has 0 amide bonds. The molecule has 10 heteroatoms. The van der Waals surface area contributed by atoms with Gasteiger partial charge in [0, 0.05) is 6.42 Å². The van der Waals surface area contributed by atoms with Crippen molar-refractivity contribution in [2.75, 3.05) is 13.2 Å². The molecule has 0 saturated carbocycles. The van der Waals surface area contributed by atoms with Crippen molar-refractivity contribution in [2.24, 2.45) is 0 Å². The van der Waals surface area contributed by atoms with E-state index in [1.54, 1.807) is 0 Å². The summed E-state index contributed by atoms with van der Waals surface area (Å²) in [5.74, 6) is -1.60. The molecule has 4 aliphatic heterocycles. The number of hydrogen-bond acceptors (Lipinski definition) is 10. The maximum absolute atomic E-state index is 6.64. The topological polar surface area (TPSA) is 92.3 Å². The Labute approximate surface area is 288 Å². The molecule has 10 nitrogen and oxygen atoms in total. The lowest BCUT2D eigenvalue weighted by Gasteiger charge is -2.42.